The molecule has 0 spiro atoms. The summed E-state index contributed by atoms with van der Waals surface area (Å²) in [5.74, 6) is 0.0935. The monoisotopic (exact) mass is 468 g/mol. The molecule has 2 aromatic rings. The molecule has 34 heavy (non-hydrogen) atoms. The minimum absolute atomic E-state index is 0.0468. The van der Waals surface area contributed by atoms with Crippen LogP contribution < -0.4 is 0 Å². The van der Waals surface area contributed by atoms with E-state index in [1.807, 2.05) is 72.4 Å². The highest BCUT2D eigenvalue weighted by Gasteiger charge is 2.20. The van der Waals surface area contributed by atoms with E-state index < -0.39 is 0 Å². The molecule has 0 unspecified atom stereocenters. The molecule has 0 aromatic heterocycles. The van der Waals surface area contributed by atoms with E-state index in [0.29, 0.717) is 63.7 Å². The summed E-state index contributed by atoms with van der Waals surface area (Å²) in [6.45, 7) is 4.13. The lowest BCUT2D eigenvalue weighted by Crippen LogP contribution is -2.33. The molecule has 0 radical (unpaired) electrons. The van der Waals surface area contributed by atoms with Crippen molar-refractivity contribution in [3.8, 4) is 11.1 Å². The number of nitrogens with zero attached hydrogens (tertiary/aromatic N) is 2. The first-order valence-corrected chi connectivity index (χ1v) is 11.6. The summed E-state index contributed by atoms with van der Waals surface area (Å²) >= 11 is 0. The Balaban J connectivity index is 1.29. The molecular formula is C26H32N2O6. The van der Waals surface area contributed by atoms with Gasteiger partial charge >= 0.3 is 0 Å². The third-order valence-corrected chi connectivity index (χ3v) is 5.88. The molecule has 2 aliphatic rings. The Labute approximate surface area is 200 Å². The van der Waals surface area contributed by atoms with Crippen LogP contribution in [0.2, 0.25) is 0 Å². The largest absolute Gasteiger partial charge is 0.349 e. The van der Waals surface area contributed by atoms with Gasteiger partial charge in [-0.1, -0.05) is 48.5 Å². The van der Waals surface area contributed by atoms with Crippen LogP contribution in [-0.4, -0.2) is 101 Å². The van der Waals surface area contributed by atoms with Crippen LogP contribution in [0.3, 0.4) is 0 Å². The van der Waals surface area contributed by atoms with Gasteiger partial charge in [-0.2, -0.15) is 0 Å². The van der Waals surface area contributed by atoms with Crippen LogP contribution in [-0.2, 0) is 18.9 Å². The third-order valence-electron chi connectivity index (χ3n) is 5.88. The molecule has 0 atom stereocenters. The van der Waals surface area contributed by atoms with Gasteiger partial charge in [0.05, 0.1) is 39.5 Å². The number of likely N-dealkylation sites (N-methyl/N-ethyl adjacent to an activating group) is 2. The van der Waals surface area contributed by atoms with E-state index in [9.17, 15) is 9.59 Å². The van der Waals surface area contributed by atoms with Crippen molar-refractivity contribution in [2.75, 3.05) is 66.7 Å². The van der Waals surface area contributed by atoms with Gasteiger partial charge in [0.25, 0.3) is 0 Å². The summed E-state index contributed by atoms with van der Waals surface area (Å²) in [5.41, 5.74) is 3.30. The smallest absolute Gasteiger partial charge is 0.176 e. The number of Topliss-reactive ketones (excluding diaryl/α,β-unsaturated/α-hetero) is 2. The fourth-order valence-corrected chi connectivity index (χ4v) is 4.03. The lowest BCUT2D eigenvalue weighted by atomic mass is 10.00. The lowest BCUT2D eigenvalue weighted by molar-refractivity contribution is -0.0572. The number of ether oxygens (including phenoxy) is 4. The SMILES string of the molecule is CN(CC(=O)c1ccc(-c2ccc(C(=O)CN(C)CC3OCCO3)cc2)cc1)CC1OCCO1. The molecule has 2 fully saturated rings. The van der Waals surface area contributed by atoms with E-state index >= 15 is 0 Å². The second-order valence-electron chi connectivity index (χ2n) is 8.74. The third kappa shape index (κ3) is 6.79. The first-order chi connectivity index (χ1) is 16.5. The number of rotatable bonds is 11. The quantitative estimate of drug-likeness (QED) is 0.465. The second kappa shape index (κ2) is 11.8. The predicted molar refractivity (Wildman–Crippen MR) is 127 cm³/mol. The minimum atomic E-state index is -0.259. The van der Waals surface area contributed by atoms with Crippen LogP contribution in [0.1, 0.15) is 20.7 Å². The average Bonchev–Trinajstić information content (AvgIpc) is 3.53. The predicted octanol–water partition coefficient (Wildman–Crippen LogP) is 2.33. The number of carbonyl (C=O) groups is 2. The van der Waals surface area contributed by atoms with Gasteiger partial charge in [0.2, 0.25) is 0 Å². The van der Waals surface area contributed by atoms with Gasteiger partial charge in [0.1, 0.15) is 0 Å². The molecule has 2 saturated heterocycles. The molecule has 8 nitrogen and oxygen atoms in total. The Morgan fingerprint density at radius 2 is 0.971 bits per heavy atom. The Morgan fingerprint density at radius 3 is 1.29 bits per heavy atom. The fraction of sp³-hybridized carbons (Fsp3) is 0.462. The standard InChI is InChI=1S/C26H32N2O6/c1-27(17-25-31-11-12-32-25)15-23(29)21-7-3-19(4-8-21)20-5-9-22(10-6-20)24(30)16-28(2)18-26-33-13-14-34-26/h3-10,25-26H,11-18H2,1-2H3. The van der Waals surface area contributed by atoms with Gasteiger partial charge in [-0.25, -0.2) is 0 Å². The van der Waals surface area contributed by atoms with Crippen molar-refractivity contribution in [1.29, 1.82) is 0 Å². The Kier molecular flexibility index (Phi) is 8.55. The van der Waals surface area contributed by atoms with Crippen molar-refractivity contribution >= 4 is 11.6 Å². The molecule has 2 aliphatic heterocycles. The van der Waals surface area contributed by atoms with Crippen LogP contribution >= 0.6 is 0 Å². The van der Waals surface area contributed by atoms with Crippen LogP contribution in [0.15, 0.2) is 48.5 Å². The number of hydrogen-bond donors (Lipinski definition) is 0. The van der Waals surface area contributed by atoms with Crippen LogP contribution in [0, 0.1) is 0 Å². The average molecular weight is 469 g/mol. The second-order valence-corrected chi connectivity index (χ2v) is 8.74. The highest BCUT2D eigenvalue weighted by atomic mass is 16.7. The molecule has 2 heterocycles. The number of carbonyl (C=O) groups excluding carboxylic acids is 2. The molecule has 0 saturated carbocycles. The molecule has 182 valence electrons. The topological polar surface area (TPSA) is 77.5 Å². The van der Waals surface area contributed by atoms with Crippen LogP contribution in [0.25, 0.3) is 11.1 Å². The van der Waals surface area contributed by atoms with E-state index in [2.05, 4.69) is 0 Å². The maximum atomic E-state index is 12.6. The van der Waals surface area contributed by atoms with Gasteiger partial charge < -0.3 is 18.9 Å². The van der Waals surface area contributed by atoms with Crippen molar-refractivity contribution in [1.82, 2.24) is 9.80 Å². The Bertz CT molecular complexity index is 871. The summed E-state index contributed by atoms with van der Waals surface area (Å²) in [6.07, 6.45) is -0.517. The van der Waals surface area contributed by atoms with Crippen molar-refractivity contribution in [3.05, 3.63) is 59.7 Å². The van der Waals surface area contributed by atoms with E-state index in [4.69, 9.17) is 18.9 Å². The first kappa shape index (κ1) is 24.7. The zero-order valence-corrected chi connectivity index (χ0v) is 19.8. The highest BCUT2D eigenvalue weighted by Crippen LogP contribution is 2.21. The molecular weight excluding hydrogens is 436 g/mol. The molecule has 0 amide bonds. The molecule has 8 heteroatoms. The summed E-state index contributed by atoms with van der Waals surface area (Å²) in [5, 5.41) is 0. The summed E-state index contributed by atoms with van der Waals surface area (Å²) in [4.78, 5) is 29.0. The van der Waals surface area contributed by atoms with E-state index in [1.165, 1.54) is 0 Å². The zero-order valence-electron chi connectivity index (χ0n) is 19.8. The first-order valence-electron chi connectivity index (χ1n) is 11.6. The molecule has 0 N–H and O–H groups in total. The fourth-order valence-electron chi connectivity index (χ4n) is 4.03. The summed E-state index contributed by atoms with van der Waals surface area (Å²) < 4.78 is 21.7. The van der Waals surface area contributed by atoms with Gasteiger partial charge in [0.15, 0.2) is 24.1 Å². The molecule has 2 aromatic carbocycles. The number of ketones is 2. The molecule has 4 rings (SSSR count). The summed E-state index contributed by atoms with van der Waals surface area (Å²) in [7, 11) is 3.77. The van der Waals surface area contributed by atoms with E-state index in [0.717, 1.165) is 11.1 Å². The lowest BCUT2D eigenvalue weighted by Gasteiger charge is -2.19. The van der Waals surface area contributed by atoms with E-state index in [1.54, 1.807) is 0 Å². The van der Waals surface area contributed by atoms with Crippen molar-refractivity contribution in [3.63, 3.8) is 0 Å². The van der Waals surface area contributed by atoms with Crippen LogP contribution in [0.5, 0.6) is 0 Å². The van der Waals surface area contributed by atoms with Gasteiger partial charge in [-0.15, -0.1) is 0 Å². The van der Waals surface area contributed by atoms with E-state index in [-0.39, 0.29) is 24.1 Å². The van der Waals surface area contributed by atoms with Crippen LogP contribution in [0.4, 0.5) is 0 Å². The maximum Gasteiger partial charge on any atom is 0.176 e. The number of benzene rings is 2. The van der Waals surface area contributed by atoms with Crippen molar-refractivity contribution in [2.24, 2.45) is 0 Å². The number of hydrogen-bond acceptors (Lipinski definition) is 8. The Morgan fingerprint density at radius 1 is 0.647 bits per heavy atom. The highest BCUT2D eigenvalue weighted by molar-refractivity contribution is 5.99. The van der Waals surface area contributed by atoms with Gasteiger partial charge in [-0.05, 0) is 25.2 Å². The minimum Gasteiger partial charge on any atom is -0.349 e. The Hall–Kier alpha value is -2.46. The molecule has 0 bridgehead atoms. The molecule has 0 aliphatic carbocycles. The zero-order chi connectivity index (χ0) is 23.9. The maximum absolute atomic E-state index is 12.6. The van der Waals surface area contributed by atoms with Crippen molar-refractivity contribution in [2.45, 2.75) is 12.6 Å². The summed E-state index contributed by atoms with van der Waals surface area (Å²) in [6, 6.07) is 15.1. The normalized spacial score (nSPS) is 17.2. The van der Waals surface area contributed by atoms with Crippen molar-refractivity contribution < 1.29 is 28.5 Å². The van der Waals surface area contributed by atoms with Gasteiger partial charge in [0, 0.05) is 24.2 Å². The van der Waals surface area contributed by atoms with Gasteiger partial charge in [-0.3, -0.25) is 19.4 Å².